The first kappa shape index (κ1) is 30.6. The molecule has 4 rings (SSSR count). The summed E-state index contributed by atoms with van der Waals surface area (Å²) in [6.45, 7) is 5.10. The van der Waals surface area contributed by atoms with Crippen LogP contribution in [-0.2, 0) is 11.2 Å². The van der Waals surface area contributed by atoms with Gasteiger partial charge < -0.3 is 20.4 Å². The Morgan fingerprint density at radius 3 is 2.52 bits per heavy atom. The van der Waals surface area contributed by atoms with Crippen LogP contribution in [0.15, 0.2) is 42.5 Å². The van der Waals surface area contributed by atoms with E-state index in [4.69, 9.17) is 14.7 Å². The molecule has 0 amide bonds. The number of anilines is 1. The number of rotatable bonds is 12. The molecule has 0 radical (unpaired) electrons. The maximum atomic E-state index is 12.0. The third-order valence-corrected chi connectivity index (χ3v) is 5.90. The molecule has 11 heteroatoms. The van der Waals surface area contributed by atoms with Crippen molar-refractivity contribution < 1.29 is 27.5 Å². The Bertz CT molecular complexity index is 1430. The molecule has 0 saturated carbocycles. The molecule has 2 aromatic heterocycles. The number of alkyl halides is 3. The van der Waals surface area contributed by atoms with Crippen molar-refractivity contribution >= 4 is 40.0 Å². The van der Waals surface area contributed by atoms with Crippen LogP contribution in [0.4, 0.5) is 19.0 Å². The van der Waals surface area contributed by atoms with Gasteiger partial charge in [0.15, 0.2) is 0 Å². The summed E-state index contributed by atoms with van der Waals surface area (Å²) in [7, 11) is 1.37. The number of aromatic amines is 1. The summed E-state index contributed by atoms with van der Waals surface area (Å²) in [4.78, 5) is 36.2. The van der Waals surface area contributed by atoms with Gasteiger partial charge >= 0.3 is 12.1 Å². The number of carbonyl (C=O) groups excluding carboxylic acids is 2. The molecule has 0 unspecified atom stereocenters. The van der Waals surface area contributed by atoms with Gasteiger partial charge in [0.05, 0.1) is 18.1 Å². The summed E-state index contributed by atoms with van der Waals surface area (Å²) in [5, 5.41) is 8.78. The van der Waals surface area contributed by atoms with Gasteiger partial charge in [-0.2, -0.15) is 13.2 Å². The van der Waals surface area contributed by atoms with Gasteiger partial charge in [0.25, 0.3) is 0 Å². The summed E-state index contributed by atoms with van der Waals surface area (Å²) in [6.07, 6.45) is 0.651. The number of aromatic nitrogens is 3. The molecule has 0 bridgehead atoms. The number of methoxy groups -OCH3 is 1. The second-order valence-corrected chi connectivity index (χ2v) is 9.29. The van der Waals surface area contributed by atoms with E-state index in [0.29, 0.717) is 29.0 Å². The molecule has 4 aromatic rings. The molecule has 0 aliphatic carbocycles. The number of unbranched alkanes of at least 4 members (excludes halogenated alkanes) is 1. The monoisotopic (exact) mass is 557 g/mol. The van der Waals surface area contributed by atoms with Crippen LogP contribution in [0.5, 0.6) is 0 Å². The highest BCUT2D eigenvalue weighted by atomic mass is 19.4. The minimum absolute atomic E-state index is 0.188. The normalized spacial score (nSPS) is 11.2. The van der Waals surface area contributed by atoms with Crippen LogP contribution in [-0.4, -0.2) is 60.1 Å². The molecule has 0 fully saturated rings. The molecule has 0 saturated heterocycles. The zero-order valence-corrected chi connectivity index (χ0v) is 22.8. The molecular formula is C29H34F3N5O3. The lowest BCUT2D eigenvalue weighted by molar-refractivity contribution is -0.110. The Hall–Kier alpha value is -3.99. The lowest BCUT2D eigenvalue weighted by Crippen LogP contribution is -2.19. The first-order valence-electron chi connectivity index (χ1n) is 13.1. The average Bonchev–Trinajstić information content (AvgIpc) is 3.29. The summed E-state index contributed by atoms with van der Waals surface area (Å²) in [5.41, 5.74) is 3.55. The van der Waals surface area contributed by atoms with Crippen molar-refractivity contribution in [2.24, 2.45) is 0 Å². The quantitative estimate of drug-likeness (QED) is 0.110. The lowest BCUT2D eigenvalue weighted by Gasteiger charge is -2.10. The Kier molecular flexibility index (Phi) is 11.0. The van der Waals surface area contributed by atoms with Crippen LogP contribution in [0, 0.1) is 0 Å². The fourth-order valence-corrected chi connectivity index (χ4v) is 4.10. The highest BCUT2D eigenvalue weighted by Crippen LogP contribution is 2.31. The minimum Gasteiger partial charge on any atom is -0.465 e. The van der Waals surface area contributed by atoms with Gasteiger partial charge in [-0.15, -0.1) is 0 Å². The van der Waals surface area contributed by atoms with E-state index < -0.39 is 6.18 Å². The van der Waals surface area contributed by atoms with Crippen LogP contribution >= 0.6 is 0 Å². The Balaban J connectivity index is 0.000000810. The van der Waals surface area contributed by atoms with Gasteiger partial charge in [-0.1, -0.05) is 37.6 Å². The zero-order chi connectivity index (χ0) is 29.1. The molecule has 3 N–H and O–H groups in total. The third-order valence-electron chi connectivity index (χ3n) is 5.90. The number of hydrogen-bond donors (Lipinski definition) is 3. The predicted molar refractivity (Wildman–Crippen MR) is 150 cm³/mol. The molecule has 2 heterocycles. The zero-order valence-electron chi connectivity index (χ0n) is 22.8. The van der Waals surface area contributed by atoms with Gasteiger partial charge in [-0.25, -0.2) is 14.8 Å². The maximum Gasteiger partial charge on any atom is 0.386 e. The van der Waals surface area contributed by atoms with Crippen LogP contribution < -0.4 is 10.6 Å². The number of aldehydes is 1. The Labute approximate surface area is 230 Å². The van der Waals surface area contributed by atoms with Gasteiger partial charge in [0.1, 0.15) is 23.6 Å². The number of nitrogens with one attached hydrogen (secondary N) is 3. The molecule has 40 heavy (non-hydrogen) atoms. The summed E-state index contributed by atoms with van der Waals surface area (Å²) in [5.74, 6) is 1.01. The maximum absolute atomic E-state index is 12.0. The standard InChI is InChI=1S/C27H31N5O3.C2H3F3/c1-3-4-11-28-12-6-13-29-25-24-21-10-9-20(27(34)35-2)16-22(21)30-26(24)32-23(31-25)15-18-7-5-8-19(14-18)17-33;1-2(3,4)5/h5,7-10,14,16-17,28H,3-4,6,11-13,15H2,1-2H3,(H2,29,30,31,32);1H3. The molecule has 8 nitrogen and oxygen atoms in total. The molecule has 2 aromatic carbocycles. The molecule has 0 spiro atoms. The van der Waals surface area contributed by atoms with E-state index in [1.165, 1.54) is 20.0 Å². The first-order chi connectivity index (χ1) is 19.1. The van der Waals surface area contributed by atoms with Crippen molar-refractivity contribution in [3.63, 3.8) is 0 Å². The van der Waals surface area contributed by atoms with Crippen molar-refractivity contribution in [1.29, 1.82) is 0 Å². The summed E-state index contributed by atoms with van der Waals surface area (Å²) < 4.78 is 35.9. The van der Waals surface area contributed by atoms with Crippen molar-refractivity contribution in [2.45, 2.75) is 45.7 Å². The van der Waals surface area contributed by atoms with Crippen LogP contribution in [0.25, 0.3) is 21.9 Å². The third kappa shape index (κ3) is 9.04. The van der Waals surface area contributed by atoms with Gasteiger partial charge in [0, 0.05) is 36.4 Å². The number of carbonyl (C=O) groups is 2. The summed E-state index contributed by atoms with van der Waals surface area (Å²) in [6, 6.07) is 12.9. The number of benzene rings is 2. The van der Waals surface area contributed by atoms with E-state index in [-0.39, 0.29) is 12.9 Å². The smallest absolute Gasteiger partial charge is 0.386 e. The molecule has 0 atom stereocenters. The predicted octanol–water partition coefficient (Wildman–Crippen LogP) is 6.06. The summed E-state index contributed by atoms with van der Waals surface area (Å²) >= 11 is 0. The second-order valence-electron chi connectivity index (χ2n) is 9.29. The first-order valence-corrected chi connectivity index (χ1v) is 13.1. The number of H-pyrrole nitrogens is 1. The molecule has 0 aliphatic heterocycles. The van der Waals surface area contributed by atoms with Gasteiger partial charge in [-0.3, -0.25) is 4.79 Å². The number of halogens is 3. The Morgan fingerprint density at radius 2 is 1.82 bits per heavy atom. The Morgan fingerprint density at radius 1 is 1.07 bits per heavy atom. The highest BCUT2D eigenvalue weighted by Gasteiger charge is 2.17. The number of fused-ring (bicyclic) bond motifs is 3. The lowest BCUT2D eigenvalue weighted by atomic mass is 10.1. The van der Waals surface area contributed by atoms with E-state index >= 15 is 0 Å². The number of ether oxygens (including phenoxy) is 1. The van der Waals surface area contributed by atoms with E-state index in [1.54, 1.807) is 18.2 Å². The van der Waals surface area contributed by atoms with E-state index in [2.05, 4.69) is 22.5 Å². The van der Waals surface area contributed by atoms with Gasteiger partial charge in [-0.05, 0) is 49.7 Å². The van der Waals surface area contributed by atoms with Gasteiger partial charge in [0.2, 0.25) is 0 Å². The van der Waals surface area contributed by atoms with Crippen LogP contribution in [0.2, 0.25) is 0 Å². The number of hydrogen-bond acceptors (Lipinski definition) is 7. The van der Waals surface area contributed by atoms with Crippen LogP contribution in [0.1, 0.15) is 65.2 Å². The average molecular weight is 558 g/mol. The number of esters is 1. The van der Waals surface area contributed by atoms with E-state index in [0.717, 1.165) is 60.0 Å². The fourth-order valence-electron chi connectivity index (χ4n) is 4.10. The number of nitrogens with zero attached hydrogens (tertiary/aromatic N) is 2. The SMILES string of the molecule is CC(F)(F)F.CCCCNCCCNc1nc(Cc2cccc(C=O)c2)nc2[nH]c3cc(C(=O)OC)ccc3c12. The van der Waals surface area contributed by atoms with E-state index in [1.807, 2.05) is 24.3 Å². The van der Waals surface area contributed by atoms with Crippen LogP contribution in [0.3, 0.4) is 0 Å². The molecular weight excluding hydrogens is 523 g/mol. The second kappa shape index (κ2) is 14.4. The van der Waals surface area contributed by atoms with Crippen molar-refractivity contribution in [3.05, 3.63) is 65.0 Å². The van der Waals surface area contributed by atoms with Crippen molar-refractivity contribution in [1.82, 2.24) is 20.3 Å². The van der Waals surface area contributed by atoms with E-state index in [9.17, 15) is 22.8 Å². The highest BCUT2D eigenvalue weighted by molar-refractivity contribution is 6.12. The topological polar surface area (TPSA) is 109 Å². The van der Waals surface area contributed by atoms with Crippen molar-refractivity contribution in [3.8, 4) is 0 Å². The molecule has 0 aliphatic rings. The fraction of sp³-hybridized carbons (Fsp3) is 0.379. The molecule has 214 valence electrons. The minimum atomic E-state index is -4.00. The van der Waals surface area contributed by atoms with Crippen molar-refractivity contribution in [2.75, 3.05) is 32.1 Å². The largest absolute Gasteiger partial charge is 0.465 e.